The van der Waals surface area contributed by atoms with Gasteiger partial charge in [-0.3, -0.25) is 0 Å². The Kier molecular flexibility index (Phi) is 4.85. The van der Waals surface area contributed by atoms with Crippen LogP contribution in [0.3, 0.4) is 0 Å². The van der Waals surface area contributed by atoms with E-state index in [1.54, 1.807) is 7.11 Å². The SMILES string of the molecule is COCCC(N)CNCC1(C)CCC1. The van der Waals surface area contributed by atoms with Crippen molar-refractivity contribution >= 4 is 0 Å². The highest BCUT2D eigenvalue weighted by Crippen LogP contribution is 2.39. The van der Waals surface area contributed by atoms with E-state index in [9.17, 15) is 0 Å². The summed E-state index contributed by atoms with van der Waals surface area (Å²) < 4.78 is 4.98. The molecule has 0 aromatic rings. The van der Waals surface area contributed by atoms with Gasteiger partial charge in [-0.15, -0.1) is 0 Å². The number of hydrogen-bond donors (Lipinski definition) is 2. The van der Waals surface area contributed by atoms with Crippen molar-refractivity contribution in [1.29, 1.82) is 0 Å². The van der Waals surface area contributed by atoms with Gasteiger partial charge in [0.1, 0.15) is 0 Å². The van der Waals surface area contributed by atoms with Crippen LogP contribution in [0.2, 0.25) is 0 Å². The van der Waals surface area contributed by atoms with E-state index in [4.69, 9.17) is 10.5 Å². The first-order chi connectivity index (χ1) is 6.66. The van der Waals surface area contributed by atoms with E-state index in [1.165, 1.54) is 19.3 Å². The first-order valence-corrected chi connectivity index (χ1v) is 5.61. The first kappa shape index (κ1) is 12.0. The van der Waals surface area contributed by atoms with E-state index in [-0.39, 0.29) is 6.04 Å². The molecule has 0 amide bonds. The lowest BCUT2D eigenvalue weighted by Gasteiger charge is -2.38. The lowest BCUT2D eigenvalue weighted by atomic mass is 9.70. The van der Waals surface area contributed by atoms with Crippen LogP contribution < -0.4 is 11.1 Å². The third-order valence-corrected chi connectivity index (χ3v) is 3.21. The molecule has 0 saturated heterocycles. The number of nitrogens with two attached hydrogens (primary N) is 1. The molecule has 0 aromatic carbocycles. The van der Waals surface area contributed by atoms with Gasteiger partial charge in [-0.1, -0.05) is 13.3 Å². The molecule has 0 radical (unpaired) electrons. The Bertz CT molecular complexity index is 157. The van der Waals surface area contributed by atoms with E-state index in [1.807, 2.05) is 0 Å². The smallest absolute Gasteiger partial charge is 0.0477 e. The quantitative estimate of drug-likeness (QED) is 0.647. The molecule has 0 aromatic heterocycles. The molecule has 3 heteroatoms. The summed E-state index contributed by atoms with van der Waals surface area (Å²) in [7, 11) is 1.72. The molecule has 1 rings (SSSR count). The summed E-state index contributed by atoms with van der Waals surface area (Å²) in [4.78, 5) is 0. The van der Waals surface area contributed by atoms with Crippen LogP contribution in [0.5, 0.6) is 0 Å². The monoisotopic (exact) mass is 200 g/mol. The summed E-state index contributed by atoms with van der Waals surface area (Å²) in [6.45, 7) is 5.15. The minimum absolute atomic E-state index is 0.235. The Morgan fingerprint density at radius 3 is 2.71 bits per heavy atom. The third kappa shape index (κ3) is 3.95. The van der Waals surface area contributed by atoms with Gasteiger partial charge in [-0.2, -0.15) is 0 Å². The molecule has 1 aliphatic carbocycles. The minimum atomic E-state index is 0.235. The molecule has 1 atom stereocenters. The predicted molar refractivity (Wildman–Crippen MR) is 59.3 cm³/mol. The van der Waals surface area contributed by atoms with Crippen molar-refractivity contribution < 1.29 is 4.74 Å². The molecule has 3 nitrogen and oxygen atoms in total. The number of hydrogen-bond acceptors (Lipinski definition) is 3. The van der Waals surface area contributed by atoms with Crippen molar-refractivity contribution in [2.24, 2.45) is 11.1 Å². The summed E-state index contributed by atoms with van der Waals surface area (Å²) in [5, 5.41) is 3.46. The Morgan fingerprint density at radius 1 is 1.50 bits per heavy atom. The van der Waals surface area contributed by atoms with Crippen LogP contribution >= 0.6 is 0 Å². The maximum Gasteiger partial charge on any atom is 0.0477 e. The highest BCUT2D eigenvalue weighted by molar-refractivity contribution is 4.85. The molecular formula is C11H24N2O. The fourth-order valence-electron chi connectivity index (χ4n) is 1.89. The second-order valence-electron chi connectivity index (χ2n) is 4.84. The Morgan fingerprint density at radius 2 is 2.21 bits per heavy atom. The number of nitrogens with one attached hydrogen (secondary N) is 1. The number of methoxy groups -OCH3 is 1. The zero-order valence-corrected chi connectivity index (χ0v) is 9.51. The van der Waals surface area contributed by atoms with Gasteiger partial charge >= 0.3 is 0 Å². The van der Waals surface area contributed by atoms with Gasteiger partial charge in [0, 0.05) is 32.8 Å². The molecule has 0 aliphatic heterocycles. The van der Waals surface area contributed by atoms with E-state index < -0.39 is 0 Å². The first-order valence-electron chi connectivity index (χ1n) is 5.61. The van der Waals surface area contributed by atoms with Crippen LogP contribution in [-0.4, -0.2) is 32.8 Å². The third-order valence-electron chi connectivity index (χ3n) is 3.21. The van der Waals surface area contributed by atoms with Gasteiger partial charge in [-0.25, -0.2) is 0 Å². The van der Waals surface area contributed by atoms with Gasteiger partial charge in [0.05, 0.1) is 0 Å². The van der Waals surface area contributed by atoms with E-state index >= 15 is 0 Å². The Balaban J connectivity index is 1.97. The average molecular weight is 200 g/mol. The van der Waals surface area contributed by atoms with Crippen molar-refractivity contribution in [1.82, 2.24) is 5.32 Å². The zero-order valence-electron chi connectivity index (χ0n) is 9.51. The van der Waals surface area contributed by atoms with Crippen molar-refractivity contribution in [3.05, 3.63) is 0 Å². The van der Waals surface area contributed by atoms with Crippen LogP contribution in [0.4, 0.5) is 0 Å². The number of ether oxygens (including phenoxy) is 1. The van der Waals surface area contributed by atoms with E-state index in [0.717, 1.165) is 26.1 Å². The normalized spacial score (nSPS) is 21.6. The van der Waals surface area contributed by atoms with Crippen LogP contribution in [0.25, 0.3) is 0 Å². The molecule has 1 unspecified atom stereocenters. The predicted octanol–water partition coefficient (Wildman–Crippen LogP) is 1.13. The summed E-state index contributed by atoms with van der Waals surface area (Å²) in [5.74, 6) is 0. The standard InChI is InChI=1S/C11H24N2O/c1-11(5-3-6-11)9-13-8-10(12)4-7-14-2/h10,13H,3-9,12H2,1-2H3. The molecule has 14 heavy (non-hydrogen) atoms. The molecule has 1 fully saturated rings. The number of rotatable bonds is 7. The highest BCUT2D eigenvalue weighted by atomic mass is 16.5. The fourth-order valence-corrected chi connectivity index (χ4v) is 1.89. The molecule has 1 saturated carbocycles. The van der Waals surface area contributed by atoms with Crippen molar-refractivity contribution in [3.8, 4) is 0 Å². The van der Waals surface area contributed by atoms with E-state index in [0.29, 0.717) is 5.41 Å². The van der Waals surface area contributed by atoms with Crippen LogP contribution in [0.15, 0.2) is 0 Å². The Labute approximate surface area is 87.4 Å². The van der Waals surface area contributed by atoms with Gasteiger partial charge in [0.2, 0.25) is 0 Å². The van der Waals surface area contributed by atoms with Crippen LogP contribution in [0.1, 0.15) is 32.6 Å². The lowest BCUT2D eigenvalue weighted by Crippen LogP contribution is -2.42. The van der Waals surface area contributed by atoms with Crippen LogP contribution in [0, 0.1) is 5.41 Å². The molecule has 0 heterocycles. The average Bonchev–Trinajstić information content (AvgIpc) is 2.12. The summed E-state index contributed by atoms with van der Waals surface area (Å²) in [6.07, 6.45) is 5.08. The van der Waals surface area contributed by atoms with E-state index in [2.05, 4.69) is 12.2 Å². The largest absolute Gasteiger partial charge is 0.385 e. The second-order valence-corrected chi connectivity index (χ2v) is 4.84. The summed E-state index contributed by atoms with van der Waals surface area (Å²) >= 11 is 0. The van der Waals surface area contributed by atoms with Crippen molar-refractivity contribution in [3.63, 3.8) is 0 Å². The van der Waals surface area contributed by atoms with Gasteiger partial charge in [0.15, 0.2) is 0 Å². The topological polar surface area (TPSA) is 47.3 Å². The second kappa shape index (κ2) is 5.69. The molecule has 84 valence electrons. The maximum absolute atomic E-state index is 5.91. The molecule has 1 aliphatic rings. The van der Waals surface area contributed by atoms with Gasteiger partial charge < -0.3 is 15.8 Å². The Hall–Kier alpha value is -0.120. The maximum atomic E-state index is 5.91. The molecule has 3 N–H and O–H groups in total. The summed E-state index contributed by atoms with van der Waals surface area (Å²) in [6, 6.07) is 0.235. The van der Waals surface area contributed by atoms with Crippen molar-refractivity contribution in [2.45, 2.75) is 38.6 Å². The zero-order chi connectivity index (χ0) is 10.4. The summed E-state index contributed by atoms with van der Waals surface area (Å²) in [5.41, 5.74) is 6.46. The van der Waals surface area contributed by atoms with Gasteiger partial charge in [0.25, 0.3) is 0 Å². The van der Waals surface area contributed by atoms with Crippen LogP contribution in [-0.2, 0) is 4.74 Å². The van der Waals surface area contributed by atoms with Crippen molar-refractivity contribution in [2.75, 3.05) is 26.8 Å². The lowest BCUT2D eigenvalue weighted by molar-refractivity contribution is 0.153. The highest BCUT2D eigenvalue weighted by Gasteiger charge is 2.30. The minimum Gasteiger partial charge on any atom is -0.385 e. The molecule has 0 spiro atoms. The molecular weight excluding hydrogens is 176 g/mol. The fraction of sp³-hybridized carbons (Fsp3) is 1.00. The van der Waals surface area contributed by atoms with Gasteiger partial charge in [-0.05, 0) is 24.7 Å². The molecule has 0 bridgehead atoms.